The minimum absolute atomic E-state index is 0.343. The van der Waals surface area contributed by atoms with Gasteiger partial charge in [-0.25, -0.2) is 4.79 Å². The molecule has 2 fully saturated rings. The largest absolute Gasteiger partial charge is 0.480 e. The Balaban J connectivity index is 1.56. The number of benzene rings is 2. The van der Waals surface area contributed by atoms with Crippen molar-refractivity contribution in [3.05, 3.63) is 59.2 Å². The van der Waals surface area contributed by atoms with Crippen LogP contribution in [0.5, 0.6) is 0 Å². The number of nitrogens with one attached hydrogen (secondary N) is 1. The number of amides is 1. The summed E-state index contributed by atoms with van der Waals surface area (Å²) in [4.78, 5) is 27.8. The highest BCUT2D eigenvalue weighted by atomic mass is 32.2. The Morgan fingerprint density at radius 1 is 1.10 bits per heavy atom. The van der Waals surface area contributed by atoms with Crippen LogP contribution in [0.2, 0.25) is 0 Å². The Hall–Kier alpha value is -2.35. The third-order valence-corrected chi connectivity index (χ3v) is 9.37. The topological polar surface area (TPSA) is 78.9 Å². The Bertz CT molecular complexity index is 1130. The number of aliphatic carboxylic acids is 1. The monoisotopic (exact) mass is 566 g/mol. The average molecular weight is 567 g/mol. The maximum atomic E-state index is 13.4. The fraction of sp³-hybridized carbons (Fsp3) is 0.576. The molecule has 2 aromatic rings. The Morgan fingerprint density at radius 3 is 2.58 bits per heavy atom. The maximum Gasteiger partial charge on any atom is 0.326 e. The quantitative estimate of drug-likeness (QED) is 0.292. The lowest BCUT2D eigenvalue weighted by molar-refractivity contribution is -0.139. The van der Waals surface area contributed by atoms with E-state index in [-0.39, 0.29) is 5.91 Å². The molecule has 1 aliphatic heterocycles. The van der Waals surface area contributed by atoms with Crippen LogP contribution in [0.15, 0.2) is 42.5 Å². The van der Waals surface area contributed by atoms with Crippen LogP contribution in [0.25, 0.3) is 11.1 Å². The molecule has 0 aromatic heterocycles. The standard InChI is InChI=1S/C33H46N2O4S/c1-23-9-7-8-12-28(23)30-19-25(13-14-29(30)32(36)34-31(33(37)38)15-16-40-3)20-35-21-26(18-27(35)22-39-2)17-24-10-5-4-6-11-24/h7-9,12-14,19,24,26-27,31H,4-6,10-11,15-18,20-22H2,1-3H3,(H,34,36)(H,37,38)/t26-,27?,31+/m1/s1. The molecule has 0 spiro atoms. The SMILES string of the molecule is COCC1C[C@@H](CC2CCCCC2)CN1Cc1ccc(C(=O)N[C@@H](CCSC)C(=O)O)c(-c2ccccc2C)c1. The summed E-state index contributed by atoms with van der Waals surface area (Å²) < 4.78 is 5.63. The van der Waals surface area contributed by atoms with Crippen LogP contribution in [0.4, 0.5) is 0 Å². The first kappa shape index (κ1) is 30.6. The number of carbonyl (C=O) groups excluding carboxylic acids is 1. The van der Waals surface area contributed by atoms with E-state index >= 15 is 0 Å². The van der Waals surface area contributed by atoms with E-state index < -0.39 is 12.0 Å². The van der Waals surface area contributed by atoms with E-state index in [1.54, 1.807) is 18.9 Å². The van der Waals surface area contributed by atoms with Crippen LogP contribution in [0, 0.1) is 18.8 Å². The van der Waals surface area contributed by atoms with Crippen molar-refractivity contribution >= 4 is 23.6 Å². The van der Waals surface area contributed by atoms with Crippen molar-refractivity contribution in [2.24, 2.45) is 11.8 Å². The number of rotatable bonds is 13. The summed E-state index contributed by atoms with van der Waals surface area (Å²) in [6.07, 6.45) is 11.8. The minimum atomic E-state index is -1.00. The molecule has 2 aliphatic rings. The molecule has 1 unspecified atom stereocenters. The van der Waals surface area contributed by atoms with Crippen molar-refractivity contribution in [2.45, 2.75) is 76.9 Å². The summed E-state index contributed by atoms with van der Waals surface area (Å²) in [6.45, 7) is 4.68. The van der Waals surface area contributed by atoms with Crippen molar-refractivity contribution in [1.29, 1.82) is 0 Å². The number of likely N-dealkylation sites (tertiary alicyclic amines) is 1. The first-order chi connectivity index (χ1) is 19.4. The van der Waals surface area contributed by atoms with Gasteiger partial charge in [0.25, 0.3) is 5.91 Å². The molecule has 6 nitrogen and oxygen atoms in total. The normalized spacial score (nSPS) is 20.9. The first-order valence-corrected chi connectivity index (χ1v) is 16.2. The van der Waals surface area contributed by atoms with E-state index in [2.05, 4.69) is 16.3 Å². The second-order valence-electron chi connectivity index (χ2n) is 11.7. The minimum Gasteiger partial charge on any atom is -0.480 e. The van der Waals surface area contributed by atoms with Gasteiger partial charge in [0, 0.05) is 31.8 Å². The van der Waals surface area contributed by atoms with Gasteiger partial charge in [-0.3, -0.25) is 9.69 Å². The van der Waals surface area contributed by atoms with Crippen molar-refractivity contribution in [1.82, 2.24) is 10.2 Å². The van der Waals surface area contributed by atoms with Gasteiger partial charge in [0.05, 0.1) is 6.61 Å². The molecular weight excluding hydrogens is 520 g/mol. The molecule has 1 aliphatic carbocycles. The zero-order valence-electron chi connectivity index (χ0n) is 24.4. The molecule has 0 radical (unpaired) electrons. The van der Waals surface area contributed by atoms with E-state index in [0.29, 0.717) is 29.7 Å². The highest BCUT2D eigenvalue weighted by Gasteiger charge is 2.34. The van der Waals surface area contributed by atoms with Crippen molar-refractivity contribution in [3.8, 4) is 11.1 Å². The highest BCUT2D eigenvalue weighted by molar-refractivity contribution is 7.98. The van der Waals surface area contributed by atoms with Crippen LogP contribution in [-0.2, 0) is 16.1 Å². The molecule has 1 heterocycles. The predicted molar refractivity (Wildman–Crippen MR) is 164 cm³/mol. The van der Waals surface area contributed by atoms with Crippen molar-refractivity contribution < 1.29 is 19.4 Å². The molecular formula is C33H46N2O4S. The number of methoxy groups -OCH3 is 1. The Morgan fingerprint density at radius 2 is 1.88 bits per heavy atom. The molecule has 1 saturated carbocycles. The molecule has 40 heavy (non-hydrogen) atoms. The summed E-state index contributed by atoms with van der Waals surface area (Å²) in [5, 5.41) is 12.5. The van der Waals surface area contributed by atoms with E-state index in [0.717, 1.165) is 47.9 Å². The number of carboxylic acid groups (broad SMARTS) is 1. The highest BCUT2D eigenvalue weighted by Crippen LogP contribution is 2.36. The van der Waals surface area contributed by atoms with Gasteiger partial charge in [0.1, 0.15) is 6.04 Å². The summed E-state index contributed by atoms with van der Waals surface area (Å²) in [5.74, 6) is 0.902. The number of carbonyl (C=O) groups is 2. The van der Waals surface area contributed by atoms with Gasteiger partial charge in [-0.2, -0.15) is 11.8 Å². The Kier molecular flexibility index (Phi) is 11.5. The van der Waals surface area contributed by atoms with Crippen molar-refractivity contribution in [2.75, 3.05) is 32.3 Å². The van der Waals surface area contributed by atoms with Crippen LogP contribution in [0.3, 0.4) is 0 Å². The molecule has 4 rings (SSSR count). The number of hydrogen-bond donors (Lipinski definition) is 2. The lowest BCUT2D eigenvalue weighted by Gasteiger charge is -2.25. The number of carboxylic acids is 1. The van der Waals surface area contributed by atoms with Crippen molar-refractivity contribution in [3.63, 3.8) is 0 Å². The van der Waals surface area contributed by atoms with E-state index in [4.69, 9.17) is 4.74 Å². The van der Waals surface area contributed by atoms with E-state index in [1.165, 1.54) is 44.9 Å². The van der Waals surface area contributed by atoms with Crippen LogP contribution in [-0.4, -0.2) is 66.2 Å². The molecule has 2 aromatic carbocycles. The maximum absolute atomic E-state index is 13.4. The molecule has 7 heteroatoms. The Labute approximate surface area is 244 Å². The number of nitrogens with zero attached hydrogens (tertiary/aromatic N) is 1. The number of hydrogen-bond acceptors (Lipinski definition) is 5. The molecule has 1 amide bonds. The first-order valence-electron chi connectivity index (χ1n) is 14.8. The lowest BCUT2D eigenvalue weighted by Crippen LogP contribution is -2.41. The fourth-order valence-electron chi connectivity index (χ4n) is 6.66. The van der Waals surface area contributed by atoms with Gasteiger partial charge in [0.15, 0.2) is 0 Å². The summed E-state index contributed by atoms with van der Waals surface area (Å²) >= 11 is 1.57. The number of thioether (sulfide) groups is 1. The fourth-order valence-corrected chi connectivity index (χ4v) is 7.13. The predicted octanol–water partition coefficient (Wildman–Crippen LogP) is 6.41. The summed E-state index contributed by atoms with van der Waals surface area (Å²) in [6, 6.07) is 13.6. The van der Waals surface area contributed by atoms with Crippen LogP contribution in [0.1, 0.15) is 72.9 Å². The number of aryl methyl sites for hydroxylation is 1. The zero-order valence-corrected chi connectivity index (χ0v) is 25.2. The lowest BCUT2D eigenvalue weighted by atomic mass is 9.82. The molecule has 218 valence electrons. The average Bonchev–Trinajstić information content (AvgIpc) is 3.31. The molecule has 1 saturated heterocycles. The molecule has 3 atom stereocenters. The van der Waals surface area contributed by atoms with Gasteiger partial charge < -0.3 is 15.2 Å². The second kappa shape index (κ2) is 15.0. The third kappa shape index (κ3) is 8.11. The van der Waals surface area contributed by atoms with Crippen LogP contribution >= 0.6 is 11.8 Å². The smallest absolute Gasteiger partial charge is 0.326 e. The number of ether oxygens (including phenoxy) is 1. The van der Waals surface area contributed by atoms with Gasteiger partial charge >= 0.3 is 5.97 Å². The molecule has 2 N–H and O–H groups in total. The second-order valence-corrected chi connectivity index (χ2v) is 12.7. The molecule has 0 bridgehead atoms. The van der Waals surface area contributed by atoms with Gasteiger partial charge in [0.2, 0.25) is 0 Å². The van der Waals surface area contributed by atoms with Gasteiger partial charge in [-0.15, -0.1) is 0 Å². The zero-order chi connectivity index (χ0) is 28.5. The van der Waals surface area contributed by atoms with Gasteiger partial charge in [-0.1, -0.05) is 62.4 Å². The van der Waals surface area contributed by atoms with E-state index in [9.17, 15) is 14.7 Å². The van der Waals surface area contributed by atoms with Crippen LogP contribution < -0.4 is 5.32 Å². The summed E-state index contributed by atoms with van der Waals surface area (Å²) in [7, 11) is 1.79. The van der Waals surface area contributed by atoms with E-state index in [1.807, 2.05) is 49.6 Å². The van der Waals surface area contributed by atoms with Gasteiger partial charge in [-0.05, 0) is 84.4 Å². The third-order valence-electron chi connectivity index (χ3n) is 8.73. The summed E-state index contributed by atoms with van der Waals surface area (Å²) in [5.41, 5.74) is 4.60.